The van der Waals surface area contributed by atoms with Gasteiger partial charge in [0.2, 0.25) is 0 Å². The highest BCUT2D eigenvalue weighted by Crippen LogP contribution is 2.33. The van der Waals surface area contributed by atoms with Crippen LogP contribution in [0.2, 0.25) is 25.7 Å². The molecule has 1 saturated heterocycles. The molecule has 40 heavy (non-hydrogen) atoms. The normalized spacial score (nSPS) is 17.7. The van der Waals surface area contributed by atoms with Crippen molar-refractivity contribution in [3.8, 4) is 5.75 Å². The number of methoxy groups -OCH3 is 1. The molecule has 6 nitrogen and oxygen atoms in total. The van der Waals surface area contributed by atoms with Crippen molar-refractivity contribution in [3.05, 3.63) is 77.6 Å². The third kappa shape index (κ3) is 8.53. The zero-order valence-electron chi connectivity index (χ0n) is 24.2. The maximum atomic E-state index is 13.7. The van der Waals surface area contributed by atoms with Gasteiger partial charge in [0.25, 0.3) is 0 Å². The molecule has 0 radical (unpaired) electrons. The number of carbonyl (C=O) groups excluding carboxylic acids is 1. The second kappa shape index (κ2) is 14.1. The molecule has 1 heterocycles. The van der Waals surface area contributed by atoms with Gasteiger partial charge in [-0.05, 0) is 53.2 Å². The van der Waals surface area contributed by atoms with Crippen LogP contribution >= 0.6 is 0 Å². The quantitative estimate of drug-likeness (QED) is 0.171. The Hall–Kier alpha value is -2.94. The predicted molar refractivity (Wildman–Crippen MR) is 159 cm³/mol. The maximum Gasteiger partial charge on any atom is 0.409 e. The molecule has 3 aromatic carbocycles. The van der Waals surface area contributed by atoms with Gasteiger partial charge in [0.15, 0.2) is 0 Å². The standard InChI is InChI=1S/C32H42FNO5Si/c1-36-17-6-18-37-30-8-5-7-25-10-9-24(21-29(25)30)23-39-31-22-34(32(35)38-19-20-40(2,3)4)16-15-28(31)26-11-13-27(33)14-12-26/h5,7-14,21,28,31H,6,15-20,22-23H2,1-4H3. The Morgan fingerprint density at radius 3 is 2.58 bits per heavy atom. The van der Waals surface area contributed by atoms with Crippen LogP contribution in [0.1, 0.15) is 29.9 Å². The third-order valence-corrected chi connectivity index (χ3v) is 9.02. The summed E-state index contributed by atoms with van der Waals surface area (Å²) in [6.45, 7) is 9.87. The van der Waals surface area contributed by atoms with Crippen molar-refractivity contribution >= 4 is 24.9 Å². The summed E-state index contributed by atoms with van der Waals surface area (Å²) < 4.78 is 37.0. The smallest absolute Gasteiger partial charge is 0.409 e. The summed E-state index contributed by atoms with van der Waals surface area (Å²) in [6, 6.07) is 19.9. The number of fused-ring (bicyclic) bond motifs is 1. The molecule has 0 spiro atoms. The first-order valence-electron chi connectivity index (χ1n) is 14.2. The van der Waals surface area contributed by atoms with Crippen molar-refractivity contribution in [2.45, 2.75) is 57.2 Å². The van der Waals surface area contributed by atoms with E-state index in [1.807, 2.05) is 24.3 Å². The molecule has 0 N–H and O–H groups in total. The first-order valence-corrected chi connectivity index (χ1v) is 17.9. The number of halogens is 1. The van der Waals surface area contributed by atoms with Gasteiger partial charge in [-0.1, -0.05) is 56.0 Å². The molecule has 1 amide bonds. The maximum absolute atomic E-state index is 13.7. The van der Waals surface area contributed by atoms with Crippen molar-refractivity contribution in [1.29, 1.82) is 0 Å². The van der Waals surface area contributed by atoms with Crippen LogP contribution in [-0.2, 0) is 20.8 Å². The summed E-state index contributed by atoms with van der Waals surface area (Å²) in [4.78, 5) is 14.6. The Kier molecular flexibility index (Phi) is 10.6. The van der Waals surface area contributed by atoms with Crippen LogP contribution in [0.3, 0.4) is 0 Å². The number of benzene rings is 3. The Morgan fingerprint density at radius 1 is 1.02 bits per heavy atom. The number of carbonyl (C=O) groups is 1. The molecule has 1 fully saturated rings. The Labute approximate surface area is 238 Å². The van der Waals surface area contributed by atoms with E-state index >= 15 is 0 Å². The molecular formula is C32H42FNO5Si. The molecule has 2 atom stereocenters. The molecule has 1 aliphatic heterocycles. The van der Waals surface area contributed by atoms with E-state index in [4.69, 9.17) is 18.9 Å². The van der Waals surface area contributed by atoms with Crippen LogP contribution in [-0.4, -0.2) is 65.2 Å². The minimum absolute atomic E-state index is 0.0479. The molecule has 0 aromatic heterocycles. The van der Waals surface area contributed by atoms with Crippen LogP contribution in [0.25, 0.3) is 10.8 Å². The Bertz CT molecular complexity index is 1250. The average molecular weight is 568 g/mol. The van der Waals surface area contributed by atoms with E-state index in [0.717, 1.165) is 46.5 Å². The van der Waals surface area contributed by atoms with Gasteiger partial charge in [-0.25, -0.2) is 9.18 Å². The molecule has 3 aromatic rings. The Balaban J connectivity index is 1.47. The highest BCUT2D eigenvalue weighted by molar-refractivity contribution is 6.76. The average Bonchev–Trinajstić information content (AvgIpc) is 2.94. The van der Waals surface area contributed by atoms with E-state index < -0.39 is 8.07 Å². The summed E-state index contributed by atoms with van der Waals surface area (Å²) in [7, 11) is 0.390. The van der Waals surface area contributed by atoms with Crippen molar-refractivity contribution in [3.63, 3.8) is 0 Å². The van der Waals surface area contributed by atoms with Crippen LogP contribution in [0.5, 0.6) is 5.75 Å². The van der Waals surface area contributed by atoms with Gasteiger partial charge < -0.3 is 23.8 Å². The fraction of sp³-hybridized carbons (Fsp3) is 0.469. The summed E-state index contributed by atoms with van der Waals surface area (Å²) in [6.07, 6.45) is 1.00. The van der Waals surface area contributed by atoms with E-state index in [2.05, 4.69) is 43.9 Å². The van der Waals surface area contributed by atoms with Crippen LogP contribution in [0.4, 0.5) is 9.18 Å². The number of ether oxygens (including phenoxy) is 4. The molecule has 2 unspecified atom stereocenters. The fourth-order valence-corrected chi connectivity index (χ4v) is 5.69. The van der Waals surface area contributed by atoms with Gasteiger partial charge in [-0.2, -0.15) is 0 Å². The van der Waals surface area contributed by atoms with Crippen LogP contribution < -0.4 is 4.74 Å². The number of piperidine rings is 1. The summed E-state index contributed by atoms with van der Waals surface area (Å²) in [5, 5.41) is 2.13. The SMILES string of the molecule is COCCCOc1cccc2ccc(COC3CN(C(=O)OCC[Si](C)(C)C)CCC3c3ccc(F)cc3)cc12. The number of rotatable bonds is 12. The molecule has 0 aliphatic carbocycles. The van der Waals surface area contributed by atoms with Gasteiger partial charge in [0, 0.05) is 46.1 Å². The zero-order valence-corrected chi connectivity index (χ0v) is 25.2. The molecule has 4 rings (SSSR count). The van der Waals surface area contributed by atoms with Gasteiger partial charge >= 0.3 is 6.09 Å². The van der Waals surface area contributed by atoms with Crippen LogP contribution in [0.15, 0.2) is 60.7 Å². The van der Waals surface area contributed by atoms with Gasteiger partial charge in [-0.15, -0.1) is 0 Å². The number of nitrogens with zero attached hydrogens (tertiary/aromatic N) is 1. The molecule has 0 saturated carbocycles. The zero-order chi connectivity index (χ0) is 28.5. The fourth-order valence-electron chi connectivity index (χ4n) is 4.97. The van der Waals surface area contributed by atoms with Gasteiger partial charge in [-0.3, -0.25) is 0 Å². The van der Waals surface area contributed by atoms with E-state index in [1.54, 1.807) is 12.0 Å². The van der Waals surface area contributed by atoms with Gasteiger partial charge in [0.1, 0.15) is 11.6 Å². The Morgan fingerprint density at radius 2 is 1.82 bits per heavy atom. The van der Waals surface area contributed by atoms with E-state index in [0.29, 0.717) is 39.5 Å². The van der Waals surface area contributed by atoms with Gasteiger partial charge in [0.05, 0.1) is 32.5 Å². The number of hydrogen-bond acceptors (Lipinski definition) is 5. The number of hydrogen-bond donors (Lipinski definition) is 0. The summed E-state index contributed by atoms with van der Waals surface area (Å²) >= 11 is 0. The van der Waals surface area contributed by atoms with E-state index in [-0.39, 0.29) is 23.9 Å². The minimum Gasteiger partial charge on any atom is -0.493 e. The van der Waals surface area contributed by atoms with Crippen molar-refractivity contribution < 1.29 is 28.1 Å². The number of likely N-dealkylation sites (tertiary alicyclic amines) is 1. The first kappa shape index (κ1) is 30.0. The highest BCUT2D eigenvalue weighted by atomic mass is 28.3. The topological polar surface area (TPSA) is 57.2 Å². The van der Waals surface area contributed by atoms with E-state index in [9.17, 15) is 9.18 Å². The highest BCUT2D eigenvalue weighted by Gasteiger charge is 2.34. The molecule has 1 aliphatic rings. The number of amides is 1. The van der Waals surface area contributed by atoms with Crippen LogP contribution in [0, 0.1) is 5.82 Å². The lowest BCUT2D eigenvalue weighted by molar-refractivity contribution is -0.0233. The lowest BCUT2D eigenvalue weighted by Crippen LogP contribution is -2.47. The monoisotopic (exact) mass is 567 g/mol. The predicted octanol–water partition coefficient (Wildman–Crippen LogP) is 7.24. The second-order valence-electron chi connectivity index (χ2n) is 11.7. The molecule has 216 valence electrons. The lowest BCUT2D eigenvalue weighted by Gasteiger charge is -2.38. The first-order chi connectivity index (χ1) is 19.2. The largest absolute Gasteiger partial charge is 0.493 e. The van der Waals surface area contributed by atoms with Crippen molar-refractivity contribution in [2.24, 2.45) is 0 Å². The van der Waals surface area contributed by atoms with Crippen molar-refractivity contribution in [2.75, 3.05) is 40.0 Å². The minimum atomic E-state index is -1.30. The lowest BCUT2D eigenvalue weighted by atomic mass is 9.87. The third-order valence-electron chi connectivity index (χ3n) is 7.31. The molecule has 8 heteroatoms. The second-order valence-corrected chi connectivity index (χ2v) is 17.3. The summed E-state index contributed by atoms with van der Waals surface area (Å²) in [5.41, 5.74) is 2.04. The summed E-state index contributed by atoms with van der Waals surface area (Å²) in [5.74, 6) is 0.623. The molecule has 0 bridgehead atoms. The molecular weight excluding hydrogens is 525 g/mol. The van der Waals surface area contributed by atoms with E-state index in [1.165, 1.54) is 12.1 Å². The van der Waals surface area contributed by atoms with Crippen molar-refractivity contribution in [1.82, 2.24) is 4.90 Å².